The van der Waals surface area contributed by atoms with Crippen LogP contribution in [0, 0.1) is 13.8 Å². The van der Waals surface area contributed by atoms with Crippen molar-refractivity contribution >= 4 is 17.5 Å². The molecule has 2 fully saturated rings. The highest BCUT2D eigenvalue weighted by atomic mass is 32.2. The summed E-state index contributed by atoms with van der Waals surface area (Å²) in [5.74, 6) is 0.711. The van der Waals surface area contributed by atoms with Crippen molar-refractivity contribution in [1.82, 2.24) is 19.6 Å². The maximum Gasteiger partial charge on any atom is 0.253 e. The van der Waals surface area contributed by atoms with Gasteiger partial charge in [0.25, 0.3) is 5.78 Å². The van der Waals surface area contributed by atoms with Crippen LogP contribution in [0.25, 0.3) is 5.78 Å². The Labute approximate surface area is 134 Å². The molecule has 118 valence electrons. The first-order valence-electron chi connectivity index (χ1n) is 8.15. The molecule has 5 nitrogen and oxygen atoms in total. The number of ether oxygens (including phenoxy) is 1. The van der Waals surface area contributed by atoms with Gasteiger partial charge >= 0.3 is 0 Å². The summed E-state index contributed by atoms with van der Waals surface area (Å²) in [6.45, 7) is 4.92. The van der Waals surface area contributed by atoms with Gasteiger partial charge in [0.1, 0.15) is 0 Å². The molecular weight excluding hydrogens is 296 g/mol. The number of hydrogen-bond donors (Lipinski definition) is 0. The number of nitrogens with zero attached hydrogens (tertiary/aromatic N) is 4. The van der Waals surface area contributed by atoms with Crippen LogP contribution >= 0.6 is 11.8 Å². The van der Waals surface area contributed by atoms with Crippen molar-refractivity contribution in [3.63, 3.8) is 0 Å². The average molecular weight is 318 g/mol. The second-order valence-electron chi connectivity index (χ2n) is 6.62. The molecule has 1 aliphatic heterocycles. The van der Waals surface area contributed by atoms with Crippen LogP contribution in [0.15, 0.2) is 11.2 Å². The number of fused-ring (bicyclic) bond motifs is 1. The van der Waals surface area contributed by atoms with E-state index in [4.69, 9.17) is 4.74 Å². The third-order valence-corrected chi connectivity index (χ3v) is 5.95. The largest absolute Gasteiger partial charge is 0.375 e. The Morgan fingerprint density at radius 2 is 2.09 bits per heavy atom. The van der Waals surface area contributed by atoms with Gasteiger partial charge in [-0.1, -0.05) is 24.6 Å². The monoisotopic (exact) mass is 318 g/mol. The van der Waals surface area contributed by atoms with Crippen LogP contribution in [0.1, 0.15) is 49.9 Å². The van der Waals surface area contributed by atoms with E-state index in [-0.39, 0.29) is 5.60 Å². The number of aryl methyl sites for hydroxylation is 2. The molecule has 1 aliphatic carbocycles. The Hall–Kier alpha value is -1.14. The van der Waals surface area contributed by atoms with Crippen molar-refractivity contribution in [1.29, 1.82) is 0 Å². The maximum absolute atomic E-state index is 6.12. The van der Waals surface area contributed by atoms with Crippen LogP contribution in [-0.4, -0.2) is 37.0 Å². The lowest BCUT2D eigenvalue weighted by Gasteiger charge is -2.37. The van der Waals surface area contributed by atoms with Crippen LogP contribution in [-0.2, 0) is 4.74 Å². The average Bonchev–Trinajstić information content (AvgIpc) is 3.06. The van der Waals surface area contributed by atoms with Gasteiger partial charge in [-0.25, -0.2) is 9.50 Å². The summed E-state index contributed by atoms with van der Waals surface area (Å²) in [6.07, 6.45) is 7.30. The minimum Gasteiger partial charge on any atom is -0.375 e. The number of hydrogen-bond acceptors (Lipinski definition) is 5. The quantitative estimate of drug-likeness (QED) is 0.850. The zero-order chi connectivity index (χ0) is 15.2. The first-order valence-corrected chi connectivity index (χ1v) is 9.03. The van der Waals surface area contributed by atoms with Crippen LogP contribution < -0.4 is 0 Å². The van der Waals surface area contributed by atoms with Gasteiger partial charge in [0.2, 0.25) is 5.16 Å². The Morgan fingerprint density at radius 1 is 1.27 bits per heavy atom. The molecule has 0 N–H and O–H groups in total. The second-order valence-corrected chi connectivity index (χ2v) is 7.88. The molecule has 22 heavy (non-hydrogen) atoms. The standard InChI is InChI=1S/C16H22N4OS/c1-11-9-12(2)20-14(17-11)18-15(19-20)22-13-5-8-21-16(10-13)6-3-4-7-16/h9,13H,3-8,10H2,1-2H3/t13-/m1/s1. The van der Waals surface area contributed by atoms with E-state index in [0.29, 0.717) is 11.0 Å². The van der Waals surface area contributed by atoms with E-state index in [1.165, 1.54) is 25.7 Å². The lowest BCUT2D eigenvalue weighted by Crippen LogP contribution is -2.38. The minimum atomic E-state index is 0.153. The van der Waals surface area contributed by atoms with E-state index in [1.807, 2.05) is 24.4 Å². The number of thioether (sulfide) groups is 1. The molecular formula is C16H22N4OS. The molecule has 1 atom stereocenters. The molecule has 0 bridgehead atoms. The fourth-order valence-corrected chi connectivity index (χ4v) is 4.96. The van der Waals surface area contributed by atoms with Gasteiger partial charge in [-0.15, -0.1) is 5.10 Å². The summed E-state index contributed by atoms with van der Waals surface area (Å²) in [6, 6.07) is 2.04. The molecule has 2 aliphatic rings. The number of rotatable bonds is 2. The zero-order valence-electron chi connectivity index (χ0n) is 13.2. The SMILES string of the molecule is Cc1cc(C)n2nc(S[C@@H]3CCOC4(CCCC4)C3)nc2n1. The molecule has 2 aromatic heterocycles. The molecule has 2 aromatic rings. The fraction of sp³-hybridized carbons (Fsp3) is 0.688. The van der Waals surface area contributed by atoms with Gasteiger partial charge in [0.05, 0.1) is 5.60 Å². The normalized spacial score (nSPS) is 24.4. The van der Waals surface area contributed by atoms with Gasteiger partial charge in [-0.05, 0) is 45.6 Å². The lowest BCUT2D eigenvalue weighted by molar-refractivity contribution is -0.0704. The summed E-state index contributed by atoms with van der Waals surface area (Å²) in [7, 11) is 0. The van der Waals surface area contributed by atoms with Gasteiger partial charge in [-0.3, -0.25) is 0 Å². The van der Waals surface area contributed by atoms with Gasteiger partial charge in [0, 0.05) is 23.2 Å². The van der Waals surface area contributed by atoms with Crippen LogP contribution in [0.5, 0.6) is 0 Å². The van der Waals surface area contributed by atoms with Crippen LogP contribution in [0.2, 0.25) is 0 Å². The lowest BCUT2D eigenvalue weighted by atomic mass is 9.92. The van der Waals surface area contributed by atoms with E-state index in [0.717, 1.165) is 36.0 Å². The summed E-state index contributed by atoms with van der Waals surface area (Å²) in [5.41, 5.74) is 2.23. The van der Waals surface area contributed by atoms with Crippen LogP contribution in [0.4, 0.5) is 0 Å². The molecule has 3 heterocycles. The van der Waals surface area contributed by atoms with Crippen molar-refractivity contribution in [2.45, 2.75) is 68.4 Å². The molecule has 1 saturated heterocycles. The molecule has 0 unspecified atom stereocenters. The predicted octanol–water partition coefficient (Wildman–Crippen LogP) is 3.33. The van der Waals surface area contributed by atoms with E-state index >= 15 is 0 Å². The molecule has 0 amide bonds. The molecule has 1 spiro atoms. The van der Waals surface area contributed by atoms with Crippen molar-refractivity contribution in [2.24, 2.45) is 0 Å². The maximum atomic E-state index is 6.12. The third kappa shape index (κ3) is 2.63. The van der Waals surface area contributed by atoms with Crippen molar-refractivity contribution in [2.75, 3.05) is 6.61 Å². The van der Waals surface area contributed by atoms with E-state index < -0.39 is 0 Å². The van der Waals surface area contributed by atoms with Crippen molar-refractivity contribution in [3.8, 4) is 0 Å². The highest BCUT2D eigenvalue weighted by molar-refractivity contribution is 7.99. The Bertz CT molecular complexity index is 693. The van der Waals surface area contributed by atoms with E-state index in [2.05, 4.69) is 15.1 Å². The Balaban J connectivity index is 1.54. The summed E-state index contributed by atoms with van der Waals surface area (Å²) < 4.78 is 7.96. The van der Waals surface area contributed by atoms with Gasteiger partial charge in [-0.2, -0.15) is 4.98 Å². The summed E-state index contributed by atoms with van der Waals surface area (Å²) in [4.78, 5) is 9.08. The molecule has 4 rings (SSSR count). The smallest absolute Gasteiger partial charge is 0.253 e. The zero-order valence-corrected chi connectivity index (χ0v) is 14.0. The minimum absolute atomic E-state index is 0.153. The highest BCUT2D eigenvalue weighted by Gasteiger charge is 2.40. The topological polar surface area (TPSA) is 52.3 Å². The first-order chi connectivity index (χ1) is 10.6. The third-order valence-electron chi connectivity index (χ3n) is 4.83. The first kappa shape index (κ1) is 14.5. The van der Waals surface area contributed by atoms with E-state index in [9.17, 15) is 0 Å². The van der Waals surface area contributed by atoms with E-state index in [1.54, 1.807) is 11.8 Å². The summed E-state index contributed by atoms with van der Waals surface area (Å²) >= 11 is 1.80. The summed E-state index contributed by atoms with van der Waals surface area (Å²) in [5, 5.41) is 6.04. The molecule has 1 saturated carbocycles. The predicted molar refractivity (Wildman–Crippen MR) is 86.3 cm³/mol. The Morgan fingerprint density at radius 3 is 2.91 bits per heavy atom. The van der Waals surface area contributed by atoms with Gasteiger partial charge in [0.15, 0.2) is 0 Å². The Kier molecular flexibility index (Phi) is 3.61. The molecule has 0 aromatic carbocycles. The van der Waals surface area contributed by atoms with Crippen LogP contribution in [0.3, 0.4) is 0 Å². The highest BCUT2D eigenvalue weighted by Crippen LogP contribution is 2.43. The van der Waals surface area contributed by atoms with Crippen molar-refractivity contribution in [3.05, 3.63) is 17.5 Å². The van der Waals surface area contributed by atoms with Gasteiger partial charge < -0.3 is 4.74 Å². The molecule has 6 heteroatoms. The van der Waals surface area contributed by atoms with Crippen molar-refractivity contribution < 1.29 is 4.74 Å². The molecule has 0 radical (unpaired) electrons. The fourth-order valence-electron chi connectivity index (χ4n) is 3.80. The number of aromatic nitrogens is 4. The second kappa shape index (κ2) is 5.49.